The smallest absolute Gasteiger partial charge is 0.172 e. The Hall–Kier alpha value is -2.42. The van der Waals surface area contributed by atoms with Crippen LogP contribution >= 0.6 is 27.3 Å². The van der Waals surface area contributed by atoms with Gasteiger partial charge in [0.25, 0.3) is 0 Å². The molecule has 160 valence electrons. The van der Waals surface area contributed by atoms with Crippen LogP contribution in [0.25, 0.3) is 16.9 Å². The van der Waals surface area contributed by atoms with Gasteiger partial charge in [-0.25, -0.2) is 4.98 Å². The fourth-order valence-electron chi connectivity index (χ4n) is 4.22. The summed E-state index contributed by atoms with van der Waals surface area (Å²) in [5.41, 5.74) is 2.16. The Kier molecular flexibility index (Phi) is 5.93. The zero-order valence-corrected chi connectivity index (χ0v) is 19.4. The van der Waals surface area contributed by atoms with Gasteiger partial charge in [-0.1, -0.05) is 18.2 Å². The number of rotatable bonds is 6. The summed E-state index contributed by atoms with van der Waals surface area (Å²) in [7, 11) is 0. The molecule has 0 spiro atoms. The zero-order valence-electron chi connectivity index (χ0n) is 17.0. The Morgan fingerprint density at radius 2 is 2.13 bits per heavy atom. The molecule has 3 aromatic heterocycles. The number of halogens is 1. The van der Waals surface area contributed by atoms with Crippen LogP contribution in [0.2, 0.25) is 0 Å². The van der Waals surface area contributed by atoms with Crippen LogP contribution in [0.3, 0.4) is 0 Å². The Balaban J connectivity index is 1.35. The van der Waals surface area contributed by atoms with Gasteiger partial charge in [0, 0.05) is 36.1 Å². The van der Waals surface area contributed by atoms with Crippen molar-refractivity contribution in [2.75, 3.05) is 25.0 Å². The van der Waals surface area contributed by atoms with Gasteiger partial charge >= 0.3 is 0 Å². The van der Waals surface area contributed by atoms with E-state index in [1.807, 2.05) is 40.1 Å². The molecule has 4 aromatic rings. The van der Waals surface area contributed by atoms with Crippen LogP contribution in [0.15, 0.2) is 58.5 Å². The Morgan fingerprint density at radius 1 is 1.23 bits per heavy atom. The van der Waals surface area contributed by atoms with E-state index in [0.717, 1.165) is 47.8 Å². The highest BCUT2D eigenvalue weighted by Crippen LogP contribution is 2.31. The summed E-state index contributed by atoms with van der Waals surface area (Å²) in [5.74, 6) is 1.67. The summed E-state index contributed by atoms with van der Waals surface area (Å²) in [6.45, 7) is 4.17. The molecule has 4 heterocycles. The molecule has 0 radical (unpaired) electrons. The molecule has 0 saturated carbocycles. The van der Waals surface area contributed by atoms with Crippen LogP contribution in [0.4, 0.5) is 5.82 Å². The number of fused-ring (bicyclic) bond motifs is 1. The van der Waals surface area contributed by atoms with Crippen molar-refractivity contribution in [1.82, 2.24) is 19.5 Å². The van der Waals surface area contributed by atoms with E-state index in [4.69, 9.17) is 4.98 Å². The monoisotopic (exact) mass is 497 g/mol. The van der Waals surface area contributed by atoms with Gasteiger partial charge < -0.3 is 10.4 Å². The van der Waals surface area contributed by atoms with Crippen molar-refractivity contribution in [1.29, 1.82) is 0 Å². The number of piperidine rings is 1. The van der Waals surface area contributed by atoms with E-state index in [2.05, 4.69) is 48.8 Å². The Bertz CT molecular complexity index is 1180. The lowest BCUT2D eigenvalue weighted by Crippen LogP contribution is -2.37. The van der Waals surface area contributed by atoms with E-state index in [9.17, 15) is 5.11 Å². The number of para-hydroxylation sites is 1. The van der Waals surface area contributed by atoms with Gasteiger partial charge in [0.15, 0.2) is 5.65 Å². The van der Waals surface area contributed by atoms with Gasteiger partial charge in [0.2, 0.25) is 0 Å². The first-order valence-corrected chi connectivity index (χ1v) is 12.2. The average Bonchev–Trinajstić information content (AvgIpc) is 3.43. The molecule has 8 heteroatoms. The standard InChI is InChI=1S/C23H24BrN5OS/c24-19-13-26-29-22(11-20(27-23(19)29)18-7-1-2-8-21(18)30)25-12-16-5-3-9-28(14-16)15-17-6-4-10-31-17/h1-2,4,6-8,10-11,13,16,25,30H,3,5,9,12,14-15H2. The van der Waals surface area contributed by atoms with Crippen molar-refractivity contribution < 1.29 is 5.11 Å². The van der Waals surface area contributed by atoms with Crippen LogP contribution in [-0.2, 0) is 6.54 Å². The lowest BCUT2D eigenvalue weighted by atomic mass is 9.98. The predicted molar refractivity (Wildman–Crippen MR) is 129 cm³/mol. The number of hydrogen-bond donors (Lipinski definition) is 2. The molecular weight excluding hydrogens is 474 g/mol. The molecule has 0 bridgehead atoms. The predicted octanol–water partition coefficient (Wildman–Crippen LogP) is 5.25. The normalized spacial score (nSPS) is 17.3. The minimum atomic E-state index is 0.220. The van der Waals surface area contributed by atoms with E-state index in [1.54, 1.807) is 12.3 Å². The zero-order chi connectivity index (χ0) is 21.2. The van der Waals surface area contributed by atoms with Crippen molar-refractivity contribution in [3.63, 3.8) is 0 Å². The fraction of sp³-hybridized carbons (Fsp3) is 0.304. The highest BCUT2D eigenvalue weighted by molar-refractivity contribution is 9.10. The fourth-order valence-corrected chi connectivity index (χ4v) is 5.32. The maximum absolute atomic E-state index is 10.3. The van der Waals surface area contributed by atoms with Crippen molar-refractivity contribution >= 4 is 38.7 Å². The van der Waals surface area contributed by atoms with E-state index < -0.39 is 0 Å². The van der Waals surface area contributed by atoms with E-state index >= 15 is 0 Å². The number of hydrogen-bond acceptors (Lipinski definition) is 6. The van der Waals surface area contributed by atoms with Crippen LogP contribution in [0.1, 0.15) is 17.7 Å². The highest BCUT2D eigenvalue weighted by Gasteiger charge is 2.21. The first-order valence-electron chi connectivity index (χ1n) is 10.5. The number of nitrogens with one attached hydrogen (secondary N) is 1. The van der Waals surface area contributed by atoms with Crippen LogP contribution in [0.5, 0.6) is 5.75 Å². The summed E-state index contributed by atoms with van der Waals surface area (Å²) in [6.07, 6.45) is 4.20. The first kappa shape index (κ1) is 20.5. The third-order valence-electron chi connectivity index (χ3n) is 5.74. The number of phenols is 1. The number of anilines is 1. The van der Waals surface area contributed by atoms with Crippen LogP contribution in [0, 0.1) is 5.92 Å². The van der Waals surface area contributed by atoms with Gasteiger partial charge in [-0.3, -0.25) is 4.90 Å². The molecule has 1 atom stereocenters. The van der Waals surface area contributed by atoms with Crippen molar-refractivity contribution in [3.05, 3.63) is 63.4 Å². The second kappa shape index (κ2) is 8.98. The number of phenolic OH excluding ortho intramolecular Hbond substituents is 1. The first-order chi connectivity index (χ1) is 15.2. The van der Waals surface area contributed by atoms with Gasteiger partial charge in [-0.2, -0.15) is 9.61 Å². The molecule has 5 rings (SSSR count). The molecule has 1 aliphatic rings. The van der Waals surface area contributed by atoms with Crippen molar-refractivity contribution in [3.8, 4) is 17.0 Å². The molecule has 1 aliphatic heterocycles. The minimum Gasteiger partial charge on any atom is -0.507 e. The summed E-state index contributed by atoms with van der Waals surface area (Å²) in [4.78, 5) is 8.71. The number of thiophene rings is 1. The average molecular weight is 498 g/mol. The minimum absolute atomic E-state index is 0.220. The molecule has 1 fully saturated rings. The number of likely N-dealkylation sites (tertiary alicyclic amines) is 1. The van der Waals surface area contributed by atoms with E-state index in [-0.39, 0.29) is 5.75 Å². The molecule has 6 nitrogen and oxygen atoms in total. The Morgan fingerprint density at radius 3 is 2.97 bits per heavy atom. The number of aromatic nitrogens is 3. The molecule has 31 heavy (non-hydrogen) atoms. The van der Waals surface area contributed by atoms with E-state index in [1.165, 1.54) is 17.7 Å². The summed E-state index contributed by atoms with van der Waals surface area (Å²) in [5, 5.41) is 20.6. The topological polar surface area (TPSA) is 65.7 Å². The lowest BCUT2D eigenvalue weighted by molar-refractivity contribution is 0.174. The summed E-state index contributed by atoms with van der Waals surface area (Å²) >= 11 is 5.38. The molecule has 0 amide bonds. The second-order valence-corrected chi connectivity index (χ2v) is 9.86. The van der Waals surface area contributed by atoms with Crippen molar-refractivity contribution in [2.45, 2.75) is 19.4 Å². The third-order valence-corrected chi connectivity index (χ3v) is 7.16. The molecule has 0 aliphatic carbocycles. The SMILES string of the molecule is Oc1ccccc1-c1cc(NCC2CCCN(Cc3cccs3)C2)n2ncc(Br)c2n1. The largest absolute Gasteiger partial charge is 0.507 e. The van der Waals surface area contributed by atoms with Crippen LogP contribution < -0.4 is 5.32 Å². The summed E-state index contributed by atoms with van der Waals surface area (Å²) < 4.78 is 2.65. The van der Waals surface area contributed by atoms with Crippen LogP contribution in [-0.4, -0.2) is 44.2 Å². The number of nitrogens with zero attached hydrogens (tertiary/aromatic N) is 4. The Labute approximate surface area is 193 Å². The molecule has 1 unspecified atom stereocenters. The quantitative estimate of drug-likeness (QED) is 0.380. The molecular formula is C23H24BrN5OS. The van der Waals surface area contributed by atoms with Gasteiger partial charge in [-0.15, -0.1) is 11.3 Å². The third kappa shape index (κ3) is 4.46. The number of aromatic hydroxyl groups is 1. The molecule has 1 aromatic carbocycles. The second-order valence-electron chi connectivity index (χ2n) is 7.98. The van der Waals surface area contributed by atoms with E-state index in [0.29, 0.717) is 11.5 Å². The lowest BCUT2D eigenvalue weighted by Gasteiger charge is -2.32. The molecule has 1 saturated heterocycles. The highest BCUT2D eigenvalue weighted by atomic mass is 79.9. The molecule has 2 N–H and O–H groups in total. The maximum atomic E-state index is 10.3. The van der Waals surface area contributed by atoms with Gasteiger partial charge in [0.05, 0.1) is 16.4 Å². The number of benzene rings is 1. The van der Waals surface area contributed by atoms with Gasteiger partial charge in [-0.05, 0) is 64.8 Å². The van der Waals surface area contributed by atoms with Crippen molar-refractivity contribution in [2.24, 2.45) is 5.92 Å². The van der Waals surface area contributed by atoms with Gasteiger partial charge in [0.1, 0.15) is 11.6 Å². The maximum Gasteiger partial charge on any atom is 0.172 e. The summed E-state index contributed by atoms with van der Waals surface area (Å²) in [6, 6.07) is 13.6.